The lowest BCUT2D eigenvalue weighted by molar-refractivity contribution is -0.808. The lowest BCUT2D eigenvalue weighted by Crippen LogP contribution is -2.64. The fraction of sp³-hybridized carbons (Fsp3) is 0.500. The summed E-state index contributed by atoms with van der Waals surface area (Å²) in [4.78, 5) is 32.9. The number of nitrogens with zero attached hydrogens (tertiary/aromatic N) is 1. The molecule has 25 heavy (non-hydrogen) atoms. The summed E-state index contributed by atoms with van der Waals surface area (Å²) in [6.07, 6.45) is -7.57. The van der Waals surface area contributed by atoms with Crippen molar-refractivity contribution in [2.45, 2.75) is 30.2 Å². The quantitative estimate of drug-likeness (QED) is 0.222. The van der Waals surface area contributed by atoms with Crippen LogP contribution < -0.4 is 0 Å². The highest BCUT2D eigenvalue weighted by Gasteiger charge is 2.57. The fourth-order valence-electron chi connectivity index (χ4n) is 2.45. The van der Waals surface area contributed by atoms with Crippen molar-refractivity contribution in [3.63, 3.8) is 0 Å². The standard InChI is InChI=1S/C12H16NO11P/c14-9-8(6-22-25(19,20)21)23-12(24-13(17)18,11(16)10(9)15)7-4-2-1-3-5-7/h1-5,8-11,14-16H,6H2,(H2,19,20,21)/t8-,9+,10+,11-,12+/m1/s1. The number of aliphatic hydroxyl groups excluding tert-OH is 3. The van der Waals surface area contributed by atoms with Gasteiger partial charge in [-0.2, -0.15) is 0 Å². The molecule has 5 N–H and O–H groups in total. The molecule has 13 heteroatoms. The highest BCUT2D eigenvalue weighted by molar-refractivity contribution is 7.46. The van der Waals surface area contributed by atoms with Gasteiger partial charge < -0.3 is 29.8 Å². The largest absolute Gasteiger partial charge is 0.469 e. The van der Waals surface area contributed by atoms with E-state index in [9.17, 15) is 30.0 Å². The first-order valence-electron chi connectivity index (χ1n) is 6.88. The molecule has 0 spiro atoms. The number of phosphoric ester groups is 1. The van der Waals surface area contributed by atoms with E-state index < -0.39 is 49.7 Å². The van der Waals surface area contributed by atoms with Gasteiger partial charge in [0.25, 0.3) is 10.9 Å². The Morgan fingerprint density at radius 3 is 2.32 bits per heavy atom. The van der Waals surface area contributed by atoms with E-state index in [1.54, 1.807) is 6.07 Å². The summed E-state index contributed by atoms with van der Waals surface area (Å²) >= 11 is 0. The molecule has 0 bridgehead atoms. The summed E-state index contributed by atoms with van der Waals surface area (Å²) < 4.78 is 20.3. The van der Waals surface area contributed by atoms with E-state index in [4.69, 9.17) is 14.5 Å². The van der Waals surface area contributed by atoms with Gasteiger partial charge in [0.1, 0.15) is 24.4 Å². The zero-order valence-corrected chi connectivity index (χ0v) is 13.4. The van der Waals surface area contributed by atoms with Gasteiger partial charge in [0.05, 0.1) is 6.61 Å². The average Bonchev–Trinajstić information content (AvgIpc) is 2.54. The summed E-state index contributed by atoms with van der Waals surface area (Å²) in [6, 6.07) is 7.08. The Labute approximate surface area is 140 Å². The molecule has 12 nitrogen and oxygen atoms in total. The number of hydrogen-bond donors (Lipinski definition) is 5. The fourth-order valence-corrected chi connectivity index (χ4v) is 2.79. The molecule has 5 atom stereocenters. The molecule has 1 aromatic carbocycles. The van der Waals surface area contributed by atoms with Crippen molar-refractivity contribution in [2.24, 2.45) is 0 Å². The highest BCUT2D eigenvalue weighted by atomic mass is 31.2. The lowest BCUT2D eigenvalue weighted by Gasteiger charge is -2.46. The Morgan fingerprint density at radius 1 is 1.20 bits per heavy atom. The van der Waals surface area contributed by atoms with Crippen molar-refractivity contribution >= 4 is 7.82 Å². The van der Waals surface area contributed by atoms with Crippen LogP contribution >= 0.6 is 7.82 Å². The van der Waals surface area contributed by atoms with Gasteiger partial charge in [-0.1, -0.05) is 30.3 Å². The first-order chi connectivity index (χ1) is 11.6. The summed E-state index contributed by atoms with van der Waals surface area (Å²) in [7, 11) is -4.95. The minimum absolute atomic E-state index is 0.0636. The first-order valence-corrected chi connectivity index (χ1v) is 8.41. The Morgan fingerprint density at radius 2 is 1.80 bits per heavy atom. The number of hydrogen-bond acceptors (Lipinski definition) is 9. The van der Waals surface area contributed by atoms with Crippen LogP contribution in [-0.2, 0) is 24.5 Å². The van der Waals surface area contributed by atoms with Gasteiger partial charge in [0.2, 0.25) is 0 Å². The Bertz CT molecular complexity index is 652. The van der Waals surface area contributed by atoms with E-state index >= 15 is 0 Å². The van der Waals surface area contributed by atoms with Gasteiger partial charge >= 0.3 is 7.82 Å². The smallest absolute Gasteiger partial charge is 0.387 e. The third-order valence-corrected chi connectivity index (χ3v) is 4.05. The molecular formula is C12H16NO11P. The van der Waals surface area contributed by atoms with Crippen molar-refractivity contribution in [1.29, 1.82) is 0 Å². The molecule has 0 amide bonds. The van der Waals surface area contributed by atoms with Crippen LogP contribution in [-0.4, -0.2) is 61.2 Å². The summed E-state index contributed by atoms with van der Waals surface area (Å²) in [6.45, 7) is -0.926. The molecule has 1 aliphatic rings. The Kier molecular flexibility index (Phi) is 5.76. The SMILES string of the molecule is O=[N+]([O-])O[C@]1(c2ccccc2)O[C@H](COP(=O)(O)O)[C@H](O)[C@H](O)[C@H]1O. The molecule has 0 unspecified atom stereocenters. The summed E-state index contributed by atoms with van der Waals surface area (Å²) in [5, 5.41) is 39.8. The molecule has 1 heterocycles. The van der Waals surface area contributed by atoms with E-state index in [1.807, 2.05) is 0 Å². The molecule has 1 aliphatic heterocycles. The molecule has 0 aliphatic carbocycles. The Balaban J connectivity index is 2.42. The van der Waals surface area contributed by atoms with Crippen molar-refractivity contribution in [3.05, 3.63) is 46.0 Å². The number of ether oxygens (including phenoxy) is 1. The van der Waals surface area contributed by atoms with Gasteiger partial charge in [-0.05, 0) is 0 Å². The summed E-state index contributed by atoms with van der Waals surface area (Å²) in [5.41, 5.74) is -0.0636. The van der Waals surface area contributed by atoms with Crippen molar-refractivity contribution in [2.75, 3.05) is 6.61 Å². The second kappa shape index (κ2) is 7.32. The minimum Gasteiger partial charge on any atom is -0.387 e. The van der Waals surface area contributed by atoms with E-state index in [0.29, 0.717) is 0 Å². The third kappa shape index (κ3) is 4.32. The van der Waals surface area contributed by atoms with E-state index in [-0.39, 0.29) is 5.56 Å². The maximum absolute atomic E-state index is 10.9. The molecule has 1 saturated heterocycles. The normalized spacial score (nSPS) is 33.0. The molecule has 2 rings (SSSR count). The second-order valence-electron chi connectivity index (χ2n) is 5.22. The maximum atomic E-state index is 10.9. The van der Waals surface area contributed by atoms with Crippen LogP contribution in [0.1, 0.15) is 5.56 Å². The van der Waals surface area contributed by atoms with Crippen LogP contribution in [0.3, 0.4) is 0 Å². The van der Waals surface area contributed by atoms with Crippen LogP contribution in [0.2, 0.25) is 0 Å². The number of benzene rings is 1. The van der Waals surface area contributed by atoms with Crippen LogP contribution in [0, 0.1) is 10.1 Å². The first kappa shape index (κ1) is 19.7. The van der Waals surface area contributed by atoms with Gasteiger partial charge in [-0.25, -0.2) is 4.57 Å². The van der Waals surface area contributed by atoms with E-state index in [2.05, 4.69) is 9.36 Å². The lowest BCUT2D eigenvalue weighted by atomic mass is 9.88. The zero-order valence-electron chi connectivity index (χ0n) is 12.5. The van der Waals surface area contributed by atoms with Crippen LogP contribution in [0.15, 0.2) is 30.3 Å². The van der Waals surface area contributed by atoms with Gasteiger partial charge in [-0.15, -0.1) is 10.1 Å². The van der Waals surface area contributed by atoms with Crippen molar-refractivity contribution in [3.8, 4) is 0 Å². The highest BCUT2D eigenvalue weighted by Crippen LogP contribution is 2.42. The average molecular weight is 381 g/mol. The Hall–Kier alpha value is -1.63. The van der Waals surface area contributed by atoms with Crippen LogP contribution in [0.5, 0.6) is 0 Å². The van der Waals surface area contributed by atoms with Crippen LogP contribution in [0.4, 0.5) is 0 Å². The van der Waals surface area contributed by atoms with E-state index in [0.717, 1.165) is 0 Å². The van der Waals surface area contributed by atoms with E-state index in [1.165, 1.54) is 24.3 Å². The van der Waals surface area contributed by atoms with Gasteiger partial charge in [0.15, 0.2) is 0 Å². The topological polar surface area (TPSA) is 189 Å². The summed E-state index contributed by atoms with van der Waals surface area (Å²) in [5.74, 6) is -2.54. The van der Waals surface area contributed by atoms with Crippen LogP contribution in [0.25, 0.3) is 0 Å². The van der Waals surface area contributed by atoms with Gasteiger partial charge in [0, 0.05) is 5.56 Å². The van der Waals surface area contributed by atoms with Crippen molar-refractivity contribution in [1.82, 2.24) is 0 Å². The molecular weight excluding hydrogens is 365 g/mol. The molecule has 1 fully saturated rings. The zero-order chi connectivity index (χ0) is 18.8. The number of aliphatic hydroxyl groups is 3. The molecule has 0 aromatic heterocycles. The molecule has 0 radical (unpaired) electrons. The number of phosphoric acid groups is 1. The van der Waals surface area contributed by atoms with Gasteiger partial charge in [-0.3, -0.25) is 9.36 Å². The molecule has 1 aromatic rings. The molecule has 140 valence electrons. The number of rotatable bonds is 6. The minimum atomic E-state index is -4.95. The predicted molar refractivity (Wildman–Crippen MR) is 77.1 cm³/mol. The maximum Gasteiger partial charge on any atom is 0.469 e. The monoisotopic (exact) mass is 381 g/mol. The molecule has 0 saturated carbocycles. The van der Waals surface area contributed by atoms with Crippen molar-refractivity contribution < 1.29 is 48.9 Å². The second-order valence-corrected chi connectivity index (χ2v) is 6.46. The predicted octanol–water partition coefficient (Wildman–Crippen LogP) is -1.36. The third-order valence-electron chi connectivity index (χ3n) is 3.56.